The van der Waals surface area contributed by atoms with Crippen molar-refractivity contribution in [3.05, 3.63) is 46.5 Å². The fourth-order valence-electron chi connectivity index (χ4n) is 1.20. The maximum absolute atomic E-state index is 5.39. The highest BCUT2D eigenvalue weighted by Gasteiger charge is 2.09. The Kier molecular flexibility index (Phi) is 3.66. The van der Waals surface area contributed by atoms with Gasteiger partial charge >= 0.3 is 0 Å². The molecule has 0 spiro atoms. The molecular weight excluding hydrogens is 228 g/mol. The second-order valence-corrected chi connectivity index (χ2v) is 3.65. The van der Waals surface area contributed by atoms with Crippen LogP contribution in [0.3, 0.4) is 0 Å². The van der Waals surface area contributed by atoms with Gasteiger partial charge in [0.1, 0.15) is 0 Å². The zero-order valence-electron chi connectivity index (χ0n) is 7.55. The summed E-state index contributed by atoms with van der Waals surface area (Å²) < 4.78 is 1.08. The van der Waals surface area contributed by atoms with Gasteiger partial charge in [0.15, 0.2) is 0 Å². The Bertz CT molecular complexity index is 310. The highest BCUT2D eigenvalue weighted by atomic mass is 79.9. The molecule has 1 aromatic rings. The highest BCUT2D eigenvalue weighted by Crippen LogP contribution is 2.26. The van der Waals surface area contributed by atoms with Crippen molar-refractivity contribution in [2.24, 2.45) is 5.84 Å². The molecule has 2 nitrogen and oxygen atoms in total. The molecule has 0 aliphatic rings. The topological polar surface area (TPSA) is 38.0 Å². The number of rotatable bonds is 3. The summed E-state index contributed by atoms with van der Waals surface area (Å²) in [4.78, 5) is 0. The maximum atomic E-state index is 5.39. The average Bonchev–Trinajstić information content (AvgIpc) is 2.14. The number of benzene rings is 1. The zero-order chi connectivity index (χ0) is 9.84. The van der Waals surface area contributed by atoms with Gasteiger partial charge in [-0.1, -0.05) is 40.2 Å². The van der Waals surface area contributed by atoms with E-state index in [1.165, 1.54) is 5.56 Å². The van der Waals surface area contributed by atoms with Gasteiger partial charge in [-0.15, -0.1) is 6.58 Å². The lowest BCUT2D eigenvalue weighted by atomic mass is 10.1. The zero-order valence-corrected chi connectivity index (χ0v) is 9.14. The number of nitrogens with one attached hydrogen (secondary N) is 1. The van der Waals surface area contributed by atoms with Gasteiger partial charge in [0, 0.05) is 4.47 Å². The van der Waals surface area contributed by atoms with Gasteiger partial charge in [0.2, 0.25) is 0 Å². The first kappa shape index (κ1) is 10.4. The van der Waals surface area contributed by atoms with Crippen molar-refractivity contribution in [1.29, 1.82) is 0 Å². The van der Waals surface area contributed by atoms with Crippen LogP contribution in [0, 0.1) is 6.92 Å². The van der Waals surface area contributed by atoms with Crippen molar-refractivity contribution in [2.45, 2.75) is 13.0 Å². The van der Waals surface area contributed by atoms with Crippen LogP contribution >= 0.6 is 15.9 Å². The second-order valence-electron chi connectivity index (χ2n) is 2.86. The Labute approximate surface area is 86.9 Å². The van der Waals surface area contributed by atoms with Crippen molar-refractivity contribution in [1.82, 2.24) is 5.43 Å². The first-order chi connectivity index (χ1) is 6.20. The molecule has 0 aromatic heterocycles. The van der Waals surface area contributed by atoms with E-state index in [-0.39, 0.29) is 6.04 Å². The van der Waals surface area contributed by atoms with Gasteiger partial charge < -0.3 is 0 Å². The molecule has 1 atom stereocenters. The Morgan fingerprint density at radius 3 is 2.85 bits per heavy atom. The third-order valence-corrected chi connectivity index (χ3v) is 3.06. The van der Waals surface area contributed by atoms with Crippen LogP contribution < -0.4 is 11.3 Å². The van der Waals surface area contributed by atoms with Crippen LogP contribution in [0.15, 0.2) is 35.3 Å². The van der Waals surface area contributed by atoms with E-state index < -0.39 is 0 Å². The smallest absolute Gasteiger partial charge is 0.0649 e. The lowest BCUT2D eigenvalue weighted by Gasteiger charge is -2.14. The van der Waals surface area contributed by atoms with Crippen molar-refractivity contribution in [2.75, 3.05) is 0 Å². The molecule has 3 N–H and O–H groups in total. The van der Waals surface area contributed by atoms with Crippen molar-refractivity contribution in [3.63, 3.8) is 0 Å². The minimum Gasteiger partial charge on any atom is -0.271 e. The van der Waals surface area contributed by atoms with Crippen LogP contribution in [0.2, 0.25) is 0 Å². The molecule has 0 saturated heterocycles. The molecule has 0 amide bonds. The summed E-state index contributed by atoms with van der Waals surface area (Å²) in [5.74, 6) is 5.39. The monoisotopic (exact) mass is 240 g/mol. The lowest BCUT2D eigenvalue weighted by Crippen LogP contribution is -2.26. The summed E-state index contributed by atoms with van der Waals surface area (Å²) in [6.45, 7) is 5.76. The van der Waals surface area contributed by atoms with Gasteiger partial charge in [0.25, 0.3) is 0 Å². The van der Waals surface area contributed by atoms with E-state index >= 15 is 0 Å². The molecule has 3 heteroatoms. The fraction of sp³-hybridized carbons (Fsp3) is 0.200. The quantitative estimate of drug-likeness (QED) is 0.484. The SMILES string of the molecule is C=CC(NN)c1cccc(C)c1Br. The molecule has 0 aliphatic carbocycles. The van der Waals surface area contributed by atoms with Crippen LogP contribution in [0.5, 0.6) is 0 Å². The summed E-state index contributed by atoms with van der Waals surface area (Å²) in [5, 5.41) is 0. The summed E-state index contributed by atoms with van der Waals surface area (Å²) in [5.41, 5.74) is 4.99. The van der Waals surface area contributed by atoms with Crippen LogP contribution in [0.25, 0.3) is 0 Å². The molecule has 0 heterocycles. The largest absolute Gasteiger partial charge is 0.271 e. The predicted octanol–water partition coefficient (Wildman–Crippen LogP) is 2.45. The molecular formula is C10H13BrN2. The Morgan fingerprint density at radius 1 is 1.62 bits per heavy atom. The van der Waals surface area contributed by atoms with E-state index in [0.29, 0.717) is 0 Å². The van der Waals surface area contributed by atoms with E-state index in [0.717, 1.165) is 10.0 Å². The molecule has 1 aromatic carbocycles. The summed E-state index contributed by atoms with van der Waals surface area (Å²) in [6, 6.07) is 6.06. The molecule has 1 unspecified atom stereocenters. The van der Waals surface area contributed by atoms with Gasteiger partial charge in [-0.05, 0) is 18.1 Å². The van der Waals surface area contributed by atoms with Crippen molar-refractivity contribution < 1.29 is 0 Å². The molecule has 0 radical (unpaired) electrons. The number of halogens is 1. The van der Waals surface area contributed by atoms with Crippen LogP contribution in [0.4, 0.5) is 0 Å². The van der Waals surface area contributed by atoms with Gasteiger partial charge in [0.05, 0.1) is 6.04 Å². The Morgan fingerprint density at radius 2 is 2.31 bits per heavy atom. The van der Waals surface area contributed by atoms with Crippen LogP contribution in [-0.4, -0.2) is 0 Å². The van der Waals surface area contributed by atoms with Gasteiger partial charge in [-0.25, -0.2) is 5.43 Å². The molecule has 13 heavy (non-hydrogen) atoms. The van der Waals surface area contributed by atoms with E-state index in [1.807, 2.05) is 25.1 Å². The first-order valence-electron chi connectivity index (χ1n) is 4.04. The molecule has 0 aliphatic heterocycles. The highest BCUT2D eigenvalue weighted by molar-refractivity contribution is 9.10. The van der Waals surface area contributed by atoms with E-state index in [1.54, 1.807) is 6.08 Å². The van der Waals surface area contributed by atoms with Crippen LogP contribution in [-0.2, 0) is 0 Å². The number of aryl methyl sites for hydroxylation is 1. The third-order valence-electron chi connectivity index (χ3n) is 1.97. The van der Waals surface area contributed by atoms with E-state index in [9.17, 15) is 0 Å². The van der Waals surface area contributed by atoms with Gasteiger partial charge in [-0.2, -0.15) is 0 Å². The predicted molar refractivity (Wildman–Crippen MR) is 59.1 cm³/mol. The molecule has 0 bridgehead atoms. The molecule has 1 rings (SSSR count). The number of hydrazine groups is 1. The minimum atomic E-state index is -0.00530. The maximum Gasteiger partial charge on any atom is 0.0649 e. The lowest BCUT2D eigenvalue weighted by molar-refractivity contribution is 0.654. The number of hydrogen-bond donors (Lipinski definition) is 2. The van der Waals surface area contributed by atoms with Crippen molar-refractivity contribution in [3.8, 4) is 0 Å². The number of nitrogens with two attached hydrogens (primary N) is 1. The normalized spacial score (nSPS) is 12.5. The third kappa shape index (κ3) is 2.18. The Hall–Kier alpha value is -0.640. The second kappa shape index (κ2) is 4.56. The van der Waals surface area contributed by atoms with E-state index in [2.05, 4.69) is 27.9 Å². The average molecular weight is 241 g/mol. The summed E-state index contributed by atoms with van der Waals surface area (Å²) >= 11 is 3.52. The van der Waals surface area contributed by atoms with E-state index in [4.69, 9.17) is 5.84 Å². The van der Waals surface area contributed by atoms with Crippen molar-refractivity contribution >= 4 is 15.9 Å². The molecule has 0 saturated carbocycles. The van der Waals surface area contributed by atoms with Crippen LogP contribution in [0.1, 0.15) is 17.2 Å². The van der Waals surface area contributed by atoms with Gasteiger partial charge in [-0.3, -0.25) is 5.84 Å². The minimum absolute atomic E-state index is 0.00530. The summed E-state index contributed by atoms with van der Waals surface area (Å²) in [6.07, 6.45) is 1.78. The first-order valence-corrected chi connectivity index (χ1v) is 4.83. The number of hydrogen-bond acceptors (Lipinski definition) is 2. The molecule has 0 fully saturated rings. The Balaban J connectivity index is 3.13. The molecule has 70 valence electrons. The fourth-order valence-corrected chi connectivity index (χ4v) is 1.71. The standard InChI is InChI=1S/C10H13BrN2/c1-3-9(13-12)8-6-4-5-7(2)10(8)11/h3-6,9,13H,1,12H2,2H3. The summed E-state index contributed by atoms with van der Waals surface area (Å²) in [7, 11) is 0.